The molecule has 2 nitrogen and oxygen atoms in total. The van der Waals surface area contributed by atoms with Crippen molar-refractivity contribution in [1.82, 2.24) is 4.98 Å². The summed E-state index contributed by atoms with van der Waals surface area (Å²) in [6.07, 6.45) is 0. The maximum Gasteiger partial charge on any atom is 0.235 e. The fourth-order valence-electron chi connectivity index (χ4n) is 0.550. The van der Waals surface area contributed by atoms with Gasteiger partial charge in [-0.2, -0.15) is 19.0 Å². The number of hydrogen-bond donors (Lipinski definition) is 0. The van der Waals surface area contributed by atoms with Gasteiger partial charge in [0.15, 0.2) is 0 Å². The van der Waals surface area contributed by atoms with Gasteiger partial charge in [-0.1, -0.05) is 11.6 Å². The Labute approximate surface area is 66.0 Å². The van der Waals surface area contributed by atoms with Gasteiger partial charge in [0.2, 0.25) is 11.9 Å². The summed E-state index contributed by atoms with van der Waals surface area (Å²) in [5, 5.41) is 7.82. The van der Waals surface area contributed by atoms with Gasteiger partial charge in [0.1, 0.15) is 11.1 Å². The van der Waals surface area contributed by atoms with Crippen LogP contribution in [0.3, 0.4) is 0 Å². The minimum Gasteiger partial charge on any atom is -0.192 e. The molecule has 5 heteroatoms. The van der Waals surface area contributed by atoms with Crippen LogP contribution in [0.15, 0.2) is 6.07 Å². The highest BCUT2D eigenvalue weighted by Gasteiger charge is 2.09. The van der Waals surface area contributed by atoms with Crippen molar-refractivity contribution in [1.29, 1.82) is 5.26 Å². The van der Waals surface area contributed by atoms with Gasteiger partial charge in [-0.3, -0.25) is 0 Å². The standard InChI is InChI=1S/C6HClF2N2/c7-5-3(2-10)1-4(8)11-6(5)9/h1H. The second-order valence-electron chi connectivity index (χ2n) is 1.71. The summed E-state index contributed by atoms with van der Waals surface area (Å²) in [5.74, 6) is -2.22. The van der Waals surface area contributed by atoms with E-state index in [-0.39, 0.29) is 5.56 Å². The molecule has 1 aromatic rings. The van der Waals surface area contributed by atoms with Crippen LogP contribution in [0.1, 0.15) is 5.56 Å². The van der Waals surface area contributed by atoms with Gasteiger partial charge >= 0.3 is 0 Å². The molecule has 11 heavy (non-hydrogen) atoms. The summed E-state index contributed by atoms with van der Waals surface area (Å²) in [7, 11) is 0. The molecular weight excluding hydrogens is 174 g/mol. The predicted octanol–water partition coefficient (Wildman–Crippen LogP) is 1.88. The van der Waals surface area contributed by atoms with Crippen LogP contribution in [-0.2, 0) is 0 Å². The maximum absolute atomic E-state index is 12.4. The van der Waals surface area contributed by atoms with Crippen molar-refractivity contribution in [3.63, 3.8) is 0 Å². The lowest BCUT2D eigenvalue weighted by Crippen LogP contribution is -1.92. The topological polar surface area (TPSA) is 36.7 Å². The number of nitriles is 1. The summed E-state index contributed by atoms with van der Waals surface area (Å²) >= 11 is 5.24. The summed E-state index contributed by atoms with van der Waals surface area (Å²) in [6, 6.07) is 2.29. The molecule has 0 saturated carbocycles. The molecule has 0 unspecified atom stereocenters. The third-order valence-corrected chi connectivity index (χ3v) is 1.37. The van der Waals surface area contributed by atoms with Crippen molar-refractivity contribution < 1.29 is 8.78 Å². The Balaban J connectivity index is 3.39. The van der Waals surface area contributed by atoms with Crippen molar-refractivity contribution in [2.45, 2.75) is 0 Å². The first kappa shape index (κ1) is 7.89. The highest BCUT2D eigenvalue weighted by molar-refractivity contribution is 6.31. The smallest absolute Gasteiger partial charge is 0.192 e. The molecule has 56 valence electrons. The number of nitrogens with zero attached hydrogens (tertiary/aromatic N) is 2. The quantitative estimate of drug-likeness (QED) is 0.563. The lowest BCUT2D eigenvalue weighted by atomic mass is 10.3. The molecule has 0 aliphatic carbocycles. The average molecular weight is 175 g/mol. The molecule has 1 aromatic heterocycles. The first-order valence-electron chi connectivity index (χ1n) is 2.57. The van der Waals surface area contributed by atoms with Gasteiger partial charge in [0.05, 0.1) is 5.56 Å². The third-order valence-electron chi connectivity index (χ3n) is 1.01. The van der Waals surface area contributed by atoms with Crippen LogP contribution in [0.4, 0.5) is 8.78 Å². The second-order valence-corrected chi connectivity index (χ2v) is 2.09. The van der Waals surface area contributed by atoms with Gasteiger partial charge in [-0.05, 0) is 0 Å². The minimum absolute atomic E-state index is 0.253. The van der Waals surface area contributed by atoms with Crippen molar-refractivity contribution in [2.75, 3.05) is 0 Å². The Morgan fingerprint density at radius 3 is 2.73 bits per heavy atom. The Hall–Kier alpha value is -1.21. The first-order chi connectivity index (χ1) is 5.15. The van der Waals surface area contributed by atoms with Crippen molar-refractivity contribution in [3.05, 3.63) is 28.5 Å². The highest BCUT2D eigenvalue weighted by atomic mass is 35.5. The monoisotopic (exact) mass is 174 g/mol. The average Bonchev–Trinajstić information content (AvgIpc) is 1.96. The zero-order chi connectivity index (χ0) is 8.43. The van der Waals surface area contributed by atoms with Gasteiger partial charge in [-0.25, -0.2) is 0 Å². The lowest BCUT2D eigenvalue weighted by molar-refractivity contribution is 0.512. The molecule has 0 amide bonds. The molecule has 0 fully saturated rings. The van der Waals surface area contributed by atoms with Crippen molar-refractivity contribution >= 4 is 11.6 Å². The van der Waals surface area contributed by atoms with E-state index in [1.807, 2.05) is 0 Å². The zero-order valence-corrected chi connectivity index (χ0v) is 5.86. The Morgan fingerprint density at radius 1 is 1.55 bits per heavy atom. The minimum atomic E-state index is -1.16. The second kappa shape index (κ2) is 2.81. The number of pyridine rings is 1. The van der Waals surface area contributed by atoms with Crippen LogP contribution in [-0.4, -0.2) is 4.98 Å². The van der Waals surface area contributed by atoms with Gasteiger partial charge in [-0.15, -0.1) is 0 Å². The summed E-state index contributed by atoms with van der Waals surface area (Å²) in [4.78, 5) is 2.77. The van der Waals surface area contributed by atoms with Crippen LogP contribution in [0.2, 0.25) is 5.02 Å². The molecule has 0 radical (unpaired) electrons. The van der Waals surface area contributed by atoms with Crippen molar-refractivity contribution in [3.8, 4) is 6.07 Å². The van der Waals surface area contributed by atoms with Gasteiger partial charge in [0, 0.05) is 6.07 Å². The molecule has 0 spiro atoms. The van der Waals surface area contributed by atoms with Crippen LogP contribution >= 0.6 is 11.6 Å². The largest absolute Gasteiger partial charge is 0.235 e. The Morgan fingerprint density at radius 2 is 2.18 bits per heavy atom. The van der Waals surface area contributed by atoms with E-state index in [1.165, 1.54) is 6.07 Å². The fourth-order valence-corrected chi connectivity index (χ4v) is 0.689. The molecule has 1 rings (SSSR count). The summed E-state index contributed by atoms with van der Waals surface area (Å²) in [6.45, 7) is 0. The van der Waals surface area contributed by atoms with E-state index < -0.39 is 16.9 Å². The molecule has 0 bridgehead atoms. The normalized spacial score (nSPS) is 9.27. The van der Waals surface area contributed by atoms with E-state index >= 15 is 0 Å². The number of halogens is 3. The molecular formula is C6HClF2N2. The fraction of sp³-hybridized carbons (Fsp3) is 0. The predicted molar refractivity (Wildman–Crippen MR) is 33.9 cm³/mol. The number of aromatic nitrogens is 1. The van der Waals surface area contributed by atoms with Gasteiger partial charge in [0.25, 0.3) is 0 Å². The van der Waals surface area contributed by atoms with Crippen LogP contribution in [0.25, 0.3) is 0 Å². The summed E-state index contributed by atoms with van der Waals surface area (Å²) in [5.41, 5.74) is -0.253. The SMILES string of the molecule is N#Cc1cc(F)nc(F)c1Cl. The van der Waals surface area contributed by atoms with Crippen molar-refractivity contribution in [2.24, 2.45) is 0 Å². The van der Waals surface area contributed by atoms with E-state index in [1.54, 1.807) is 0 Å². The zero-order valence-electron chi connectivity index (χ0n) is 5.11. The molecule has 0 N–H and O–H groups in total. The Bertz CT molecular complexity index is 332. The van der Waals surface area contributed by atoms with E-state index in [4.69, 9.17) is 16.9 Å². The molecule has 1 heterocycles. The van der Waals surface area contributed by atoms with E-state index in [9.17, 15) is 8.78 Å². The molecule has 0 aliphatic heterocycles. The van der Waals surface area contributed by atoms with Crippen LogP contribution in [0, 0.1) is 23.2 Å². The van der Waals surface area contributed by atoms with E-state index in [0.717, 1.165) is 6.07 Å². The molecule has 0 aliphatic rings. The lowest BCUT2D eigenvalue weighted by Gasteiger charge is -1.94. The molecule has 0 saturated heterocycles. The Kier molecular flexibility index (Phi) is 2.01. The molecule has 0 atom stereocenters. The van der Waals surface area contributed by atoms with Crippen LogP contribution < -0.4 is 0 Å². The van der Waals surface area contributed by atoms with E-state index in [2.05, 4.69) is 4.98 Å². The first-order valence-corrected chi connectivity index (χ1v) is 2.94. The highest BCUT2D eigenvalue weighted by Crippen LogP contribution is 2.17. The molecule has 0 aromatic carbocycles. The van der Waals surface area contributed by atoms with Gasteiger partial charge < -0.3 is 0 Å². The number of rotatable bonds is 0. The number of hydrogen-bond acceptors (Lipinski definition) is 2. The van der Waals surface area contributed by atoms with E-state index in [0.29, 0.717) is 0 Å². The van der Waals surface area contributed by atoms with Crippen LogP contribution in [0.5, 0.6) is 0 Å². The summed E-state index contributed by atoms with van der Waals surface area (Å²) < 4.78 is 24.6. The maximum atomic E-state index is 12.4. The third kappa shape index (κ3) is 1.44.